The van der Waals surface area contributed by atoms with E-state index in [4.69, 9.17) is 4.74 Å². The van der Waals surface area contributed by atoms with E-state index in [1.807, 2.05) is 7.05 Å². The van der Waals surface area contributed by atoms with Gasteiger partial charge in [0, 0.05) is 52.2 Å². The van der Waals surface area contributed by atoms with Gasteiger partial charge in [-0.05, 0) is 31.2 Å². The van der Waals surface area contributed by atoms with E-state index in [-0.39, 0.29) is 11.5 Å². The van der Waals surface area contributed by atoms with E-state index in [0.717, 1.165) is 39.1 Å². The van der Waals surface area contributed by atoms with Crippen LogP contribution < -0.4 is 5.32 Å². The summed E-state index contributed by atoms with van der Waals surface area (Å²) in [5, 5.41) is 3.00. The molecule has 2 aliphatic rings. The van der Waals surface area contributed by atoms with Gasteiger partial charge in [-0.1, -0.05) is 29.8 Å². The average molecular weight is 368 g/mol. The number of nitrogens with one attached hydrogen (secondary N) is 1. The van der Waals surface area contributed by atoms with Gasteiger partial charge in [0.1, 0.15) is 0 Å². The zero-order valence-electron chi connectivity index (χ0n) is 16.1. The number of nitrogens with zero attached hydrogens (tertiary/aromatic N) is 3. The van der Waals surface area contributed by atoms with Crippen LogP contribution in [0.3, 0.4) is 0 Å². The van der Waals surface area contributed by atoms with Crippen molar-refractivity contribution in [2.45, 2.75) is 31.9 Å². The van der Waals surface area contributed by atoms with Crippen molar-refractivity contribution >= 4 is 5.91 Å². The Kier molecular flexibility index (Phi) is 5.02. The molecule has 1 aromatic heterocycles. The third-order valence-corrected chi connectivity index (χ3v) is 5.91. The van der Waals surface area contributed by atoms with Crippen LogP contribution in [0.25, 0.3) is 0 Å². The number of carbonyl (C=O) groups excluding carboxylic acids is 1. The second-order valence-corrected chi connectivity index (χ2v) is 7.94. The molecule has 0 bridgehead atoms. The van der Waals surface area contributed by atoms with Crippen molar-refractivity contribution in [2.24, 2.45) is 13.0 Å². The van der Waals surface area contributed by atoms with Crippen LogP contribution in [0.5, 0.6) is 0 Å². The molecule has 1 atom stereocenters. The molecule has 1 amide bonds. The first-order valence-corrected chi connectivity index (χ1v) is 9.73. The molecule has 3 heterocycles. The number of rotatable bonds is 6. The minimum absolute atomic E-state index is 0.0152. The van der Waals surface area contributed by atoms with Crippen LogP contribution in [0.4, 0.5) is 0 Å². The number of imidazole rings is 1. The Morgan fingerprint density at radius 2 is 2.11 bits per heavy atom. The maximum absolute atomic E-state index is 12.2. The van der Waals surface area contributed by atoms with E-state index in [1.54, 1.807) is 17.0 Å². The van der Waals surface area contributed by atoms with Crippen LogP contribution >= 0.6 is 0 Å². The highest BCUT2D eigenvalue weighted by Crippen LogP contribution is 2.42. The van der Waals surface area contributed by atoms with E-state index >= 15 is 0 Å². The van der Waals surface area contributed by atoms with Gasteiger partial charge in [-0.15, -0.1) is 0 Å². The maximum atomic E-state index is 12.2. The van der Waals surface area contributed by atoms with Gasteiger partial charge in [0.25, 0.3) is 5.91 Å². The average Bonchev–Trinajstić information content (AvgIpc) is 3.23. The van der Waals surface area contributed by atoms with Crippen LogP contribution in [0, 0.1) is 12.8 Å². The summed E-state index contributed by atoms with van der Waals surface area (Å²) in [6.07, 6.45) is 5.46. The Morgan fingerprint density at radius 3 is 2.81 bits per heavy atom. The first-order chi connectivity index (χ1) is 13.1. The molecule has 1 aromatic carbocycles. The number of benzene rings is 1. The van der Waals surface area contributed by atoms with E-state index in [0.29, 0.717) is 18.3 Å². The molecular weight excluding hydrogens is 340 g/mol. The highest BCUT2D eigenvalue weighted by atomic mass is 16.5. The first-order valence-electron chi connectivity index (χ1n) is 9.73. The Morgan fingerprint density at radius 1 is 1.33 bits per heavy atom. The second kappa shape index (κ2) is 7.44. The topological polar surface area (TPSA) is 59.4 Å². The van der Waals surface area contributed by atoms with Crippen molar-refractivity contribution in [1.29, 1.82) is 0 Å². The lowest BCUT2D eigenvalue weighted by molar-refractivity contribution is -0.136. The zero-order valence-corrected chi connectivity index (χ0v) is 16.1. The monoisotopic (exact) mass is 368 g/mol. The number of hydrogen-bond acceptors (Lipinski definition) is 4. The second-order valence-electron chi connectivity index (χ2n) is 7.94. The summed E-state index contributed by atoms with van der Waals surface area (Å²) in [7, 11) is 1.83. The Hall–Kier alpha value is -2.18. The van der Waals surface area contributed by atoms with Gasteiger partial charge in [-0.2, -0.15) is 0 Å². The van der Waals surface area contributed by atoms with Gasteiger partial charge >= 0.3 is 0 Å². The lowest BCUT2D eigenvalue weighted by Crippen LogP contribution is -2.64. The minimum Gasteiger partial charge on any atom is -0.372 e. The van der Waals surface area contributed by atoms with Crippen molar-refractivity contribution in [1.82, 2.24) is 19.8 Å². The third-order valence-electron chi connectivity index (χ3n) is 5.91. The van der Waals surface area contributed by atoms with E-state index in [9.17, 15) is 4.79 Å². The van der Waals surface area contributed by atoms with Crippen LogP contribution in [-0.2, 0) is 18.3 Å². The summed E-state index contributed by atoms with van der Waals surface area (Å²) in [5.41, 5.74) is 2.64. The molecule has 0 aliphatic carbocycles. The first kappa shape index (κ1) is 18.2. The number of carbonyl (C=O) groups is 1. The van der Waals surface area contributed by atoms with Crippen LogP contribution in [0.1, 0.15) is 34.6 Å². The molecule has 1 spiro atoms. The van der Waals surface area contributed by atoms with Gasteiger partial charge in [-0.25, -0.2) is 4.98 Å². The molecule has 0 radical (unpaired) electrons. The fourth-order valence-electron chi connectivity index (χ4n) is 4.34. The fraction of sp³-hybridized carbons (Fsp3) is 0.524. The smallest absolute Gasteiger partial charge is 0.287 e. The van der Waals surface area contributed by atoms with Gasteiger partial charge in [0.2, 0.25) is 0 Å². The van der Waals surface area contributed by atoms with Crippen molar-refractivity contribution in [3.05, 3.63) is 53.6 Å². The molecular formula is C21H28N4O2. The molecule has 1 N–H and O–H groups in total. The predicted molar refractivity (Wildman–Crippen MR) is 103 cm³/mol. The Bertz CT molecular complexity index is 793. The van der Waals surface area contributed by atoms with Crippen LogP contribution in [0.2, 0.25) is 0 Å². The number of ether oxygens (including phenoxy) is 1. The van der Waals surface area contributed by atoms with Crippen molar-refractivity contribution < 1.29 is 9.53 Å². The standard InChI is InChI=1S/C21H28N4O2/c1-16-3-5-17(6-4-16)13-25-14-21(15-25)18(8-12-27-21)7-9-23-20(26)19-22-10-11-24(19)2/h3-6,10-11,18H,7-9,12-15H2,1-2H3,(H,23,26). The molecule has 2 aromatic rings. The van der Waals surface area contributed by atoms with Gasteiger partial charge in [0.15, 0.2) is 5.82 Å². The van der Waals surface area contributed by atoms with Crippen molar-refractivity contribution in [3.8, 4) is 0 Å². The van der Waals surface area contributed by atoms with E-state index in [1.165, 1.54) is 11.1 Å². The summed E-state index contributed by atoms with van der Waals surface area (Å²) in [6.45, 7) is 6.56. The summed E-state index contributed by atoms with van der Waals surface area (Å²) in [4.78, 5) is 18.7. The number of likely N-dealkylation sites (tertiary alicyclic amines) is 1. The van der Waals surface area contributed by atoms with Crippen molar-refractivity contribution in [2.75, 3.05) is 26.2 Å². The number of aromatic nitrogens is 2. The van der Waals surface area contributed by atoms with Crippen LogP contribution in [0.15, 0.2) is 36.7 Å². The minimum atomic E-state index is -0.106. The molecule has 4 rings (SSSR count). The molecule has 27 heavy (non-hydrogen) atoms. The van der Waals surface area contributed by atoms with Gasteiger partial charge in [0.05, 0.1) is 5.60 Å². The number of aryl methyl sites for hydroxylation is 2. The molecule has 2 saturated heterocycles. The van der Waals surface area contributed by atoms with Gasteiger partial charge < -0.3 is 14.6 Å². The highest BCUT2D eigenvalue weighted by Gasteiger charge is 2.52. The molecule has 6 heteroatoms. The normalized spacial score (nSPS) is 21.3. The predicted octanol–water partition coefficient (Wildman–Crippen LogP) is 2.14. The molecule has 144 valence electrons. The molecule has 0 saturated carbocycles. The third kappa shape index (κ3) is 3.77. The zero-order chi connectivity index (χ0) is 18.9. The summed E-state index contributed by atoms with van der Waals surface area (Å²) in [6, 6.07) is 8.76. The lowest BCUT2D eigenvalue weighted by atomic mass is 9.78. The summed E-state index contributed by atoms with van der Waals surface area (Å²) >= 11 is 0. The van der Waals surface area contributed by atoms with Crippen LogP contribution in [-0.4, -0.2) is 52.2 Å². The molecule has 6 nitrogen and oxygen atoms in total. The fourth-order valence-corrected chi connectivity index (χ4v) is 4.34. The lowest BCUT2D eigenvalue weighted by Gasteiger charge is -2.50. The van der Waals surface area contributed by atoms with E-state index in [2.05, 4.69) is 46.4 Å². The SMILES string of the molecule is Cc1ccc(CN2CC3(C2)OCCC3CCNC(=O)c2nccn2C)cc1. The maximum Gasteiger partial charge on any atom is 0.287 e. The van der Waals surface area contributed by atoms with E-state index < -0.39 is 0 Å². The summed E-state index contributed by atoms with van der Waals surface area (Å²) in [5.74, 6) is 0.860. The van der Waals surface area contributed by atoms with Gasteiger partial charge in [-0.3, -0.25) is 9.69 Å². The molecule has 1 unspecified atom stereocenters. The highest BCUT2D eigenvalue weighted by molar-refractivity contribution is 5.90. The quantitative estimate of drug-likeness (QED) is 0.849. The largest absolute Gasteiger partial charge is 0.372 e. The van der Waals surface area contributed by atoms with Crippen molar-refractivity contribution in [3.63, 3.8) is 0 Å². The number of amides is 1. The Balaban J connectivity index is 1.25. The molecule has 2 fully saturated rings. The number of hydrogen-bond donors (Lipinski definition) is 1. The molecule has 2 aliphatic heterocycles. The Labute approximate surface area is 160 Å². The summed E-state index contributed by atoms with van der Waals surface area (Å²) < 4.78 is 7.89.